The van der Waals surface area contributed by atoms with E-state index in [4.69, 9.17) is 14.6 Å². The summed E-state index contributed by atoms with van der Waals surface area (Å²) in [5, 5.41) is 11.1. The average molecular weight is 293 g/mol. The molecule has 21 heavy (non-hydrogen) atoms. The number of hydrogen-bond donors (Lipinski definition) is 2. The van der Waals surface area contributed by atoms with E-state index in [1.807, 2.05) is 0 Å². The lowest BCUT2D eigenvalue weighted by Crippen LogP contribution is -2.16. The molecule has 0 aromatic heterocycles. The van der Waals surface area contributed by atoms with Crippen molar-refractivity contribution < 1.29 is 24.2 Å². The molecule has 0 spiro atoms. The van der Waals surface area contributed by atoms with Crippen molar-refractivity contribution in [1.29, 1.82) is 0 Å². The summed E-state index contributed by atoms with van der Waals surface area (Å²) in [6, 6.07) is 6.98. The van der Waals surface area contributed by atoms with Gasteiger partial charge in [-0.2, -0.15) is 0 Å². The third-order valence-electron chi connectivity index (χ3n) is 3.16. The normalized spacial score (nSPS) is 17.4. The number of rotatable bonds is 7. The fraction of sp³-hybridized carbons (Fsp3) is 0.467. The first kappa shape index (κ1) is 15.3. The molecule has 114 valence electrons. The van der Waals surface area contributed by atoms with Crippen LogP contribution in [0.1, 0.15) is 25.7 Å². The molecule has 1 heterocycles. The van der Waals surface area contributed by atoms with E-state index in [0.717, 1.165) is 19.4 Å². The second-order valence-corrected chi connectivity index (χ2v) is 4.91. The lowest BCUT2D eigenvalue weighted by Gasteiger charge is -2.12. The van der Waals surface area contributed by atoms with Crippen LogP contribution in [0.2, 0.25) is 0 Å². The first-order valence-electron chi connectivity index (χ1n) is 6.99. The van der Waals surface area contributed by atoms with Gasteiger partial charge in [0.05, 0.1) is 12.5 Å². The lowest BCUT2D eigenvalue weighted by molar-refractivity contribution is -0.138. The van der Waals surface area contributed by atoms with Gasteiger partial charge in [0.25, 0.3) is 0 Å². The highest BCUT2D eigenvalue weighted by Gasteiger charge is 2.15. The molecule has 1 atom stereocenters. The molecule has 0 saturated carbocycles. The SMILES string of the molecule is O=C(O)CCC(=O)Nc1ccc(OCC2CCCO2)cc1. The predicted octanol–water partition coefficient (Wildman–Crippen LogP) is 2.05. The maximum Gasteiger partial charge on any atom is 0.303 e. The van der Waals surface area contributed by atoms with Gasteiger partial charge in [-0.15, -0.1) is 0 Å². The summed E-state index contributed by atoms with van der Waals surface area (Å²) in [6.07, 6.45) is 2.06. The topological polar surface area (TPSA) is 84.9 Å². The van der Waals surface area contributed by atoms with Crippen LogP contribution < -0.4 is 10.1 Å². The highest BCUT2D eigenvalue weighted by molar-refractivity contribution is 5.92. The van der Waals surface area contributed by atoms with Crippen LogP contribution in [0.15, 0.2) is 24.3 Å². The van der Waals surface area contributed by atoms with Crippen molar-refractivity contribution in [2.75, 3.05) is 18.5 Å². The Morgan fingerprint density at radius 3 is 2.67 bits per heavy atom. The Hall–Kier alpha value is -2.08. The minimum absolute atomic E-state index is 0.0351. The van der Waals surface area contributed by atoms with Crippen LogP contribution in [0.3, 0.4) is 0 Å². The summed E-state index contributed by atoms with van der Waals surface area (Å²) in [7, 11) is 0. The fourth-order valence-corrected chi connectivity index (χ4v) is 2.04. The van der Waals surface area contributed by atoms with Crippen LogP contribution in [0.5, 0.6) is 5.75 Å². The summed E-state index contributed by atoms with van der Waals surface area (Å²) >= 11 is 0. The summed E-state index contributed by atoms with van der Waals surface area (Å²) < 4.78 is 11.1. The molecule has 1 aliphatic heterocycles. The Kier molecular flexibility index (Phi) is 5.57. The fourth-order valence-electron chi connectivity index (χ4n) is 2.04. The first-order chi connectivity index (χ1) is 10.1. The number of aliphatic carboxylic acids is 1. The molecule has 1 aromatic carbocycles. The maximum atomic E-state index is 11.5. The van der Waals surface area contributed by atoms with Crippen molar-refractivity contribution in [2.24, 2.45) is 0 Å². The summed E-state index contributed by atoms with van der Waals surface area (Å²) in [5.41, 5.74) is 0.620. The van der Waals surface area contributed by atoms with Crippen LogP contribution in [0.4, 0.5) is 5.69 Å². The van der Waals surface area contributed by atoms with Gasteiger partial charge in [-0.05, 0) is 37.1 Å². The van der Waals surface area contributed by atoms with Gasteiger partial charge in [-0.1, -0.05) is 0 Å². The van der Waals surface area contributed by atoms with E-state index in [2.05, 4.69) is 5.32 Å². The molecule has 6 heteroatoms. The van der Waals surface area contributed by atoms with Gasteiger partial charge in [0.1, 0.15) is 12.4 Å². The zero-order valence-corrected chi connectivity index (χ0v) is 11.7. The Balaban J connectivity index is 1.75. The number of anilines is 1. The third kappa shape index (κ3) is 5.43. The van der Waals surface area contributed by atoms with Gasteiger partial charge >= 0.3 is 5.97 Å². The zero-order valence-electron chi connectivity index (χ0n) is 11.7. The molecular weight excluding hydrogens is 274 g/mol. The molecule has 1 fully saturated rings. The minimum Gasteiger partial charge on any atom is -0.491 e. The number of carbonyl (C=O) groups excluding carboxylic acids is 1. The summed E-state index contributed by atoms with van der Waals surface area (Å²) in [5.74, 6) is -0.581. The molecule has 0 bridgehead atoms. The smallest absolute Gasteiger partial charge is 0.303 e. The Morgan fingerprint density at radius 2 is 2.05 bits per heavy atom. The number of carbonyl (C=O) groups is 2. The summed E-state index contributed by atoms with van der Waals surface area (Å²) in [6.45, 7) is 1.33. The number of ether oxygens (including phenoxy) is 2. The molecule has 1 saturated heterocycles. The standard InChI is InChI=1S/C15H19NO5/c17-14(7-8-15(18)19)16-11-3-5-12(6-4-11)21-10-13-2-1-9-20-13/h3-6,13H,1-2,7-10H2,(H,16,17)(H,18,19). The van der Waals surface area contributed by atoms with Gasteiger partial charge in [-0.25, -0.2) is 0 Å². The Bertz CT molecular complexity index is 479. The van der Waals surface area contributed by atoms with Gasteiger partial charge in [0, 0.05) is 18.7 Å². The monoisotopic (exact) mass is 293 g/mol. The minimum atomic E-state index is -0.983. The van der Waals surface area contributed by atoms with Crippen LogP contribution in [-0.2, 0) is 14.3 Å². The summed E-state index contributed by atoms with van der Waals surface area (Å²) in [4.78, 5) is 21.9. The van der Waals surface area contributed by atoms with Crippen LogP contribution in [0.25, 0.3) is 0 Å². The number of carboxylic acid groups (broad SMARTS) is 1. The zero-order chi connectivity index (χ0) is 15.1. The molecule has 1 amide bonds. The number of nitrogens with one attached hydrogen (secondary N) is 1. The van der Waals surface area contributed by atoms with Crippen molar-refractivity contribution in [3.8, 4) is 5.75 Å². The van der Waals surface area contributed by atoms with Crippen molar-refractivity contribution in [1.82, 2.24) is 0 Å². The van der Waals surface area contributed by atoms with Crippen molar-refractivity contribution in [2.45, 2.75) is 31.8 Å². The van der Waals surface area contributed by atoms with Gasteiger partial charge in [-0.3, -0.25) is 9.59 Å². The number of carboxylic acids is 1. The maximum absolute atomic E-state index is 11.5. The molecule has 1 aliphatic rings. The van der Waals surface area contributed by atoms with E-state index in [1.165, 1.54) is 0 Å². The van der Waals surface area contributed by atoms with E-state index >= 15 is 0 Å². The largest absolute Gasteiger partial charge is 0.491 e. The number of hydrogen-bond acceptors (Lipinski definition) is 4. The Labute approximate surface area is 123 Å². The molecule has 2 rings (SSSR count). The van der Waals surface area contributed by atoms with Gasteiger partial charge in [0.2, 0.25) is 5.91 Å². The number of amides is 1. The molecule has 1 unspecified atom stereocenters. The highest BCUT2D eigenvalue weighted by Crippen LogP contribution is 2.18. The van der Waals surface area contributed by atoms with Crippen LogP contribution >= 0.6 is 0 Å². The highest BCUT2D eigenvalue weighted by atomic mass is 16.5. The van der Waals surface area contributed by atoms with Gasteiger partial charge < -0.3 is 19.9 Å². The van der Waals surface area contributed by atoms with Crippen LogP contribution in [0, 0.1) is 0 Å². The average Bonchev–Trinajstić information content (AvgIpc) is 2.98. The Morgan fingerprint density at radius 1 is 1.29 bits per heavy atom. The second-order valence-electron chi connectivity index (χ2n) is 4.91. The molecule has 2 N–H and O–H groups in total. The molecular formula is C15H19NO5. The van der Waals surface area contributed by atoms with E-state index in [-0.39, 0.29) is 24.9 Å². The first-order valence-corrected chi connectivity index (χ1v) is 6.99. The lowest BCUT2D eigenvalue weighted by atomic mass is 10.2. The number of benzene rings is 1. The second kappa shape index (κ2) is 7.64. The van der Waals surface area contributed by atoms with Gasteiger partial charge in [0.15, 0.2) is 0 Å². The van der Waals surface area contributed by atoms with E-state index in [0.29, 0.717) is 18.0 Å². The van der Waals surface area contributed by atoms with E-state index < -0.39 is 5.97 Å². The molecule has 0 radical (unpaired) electrons. The third-order valence-corrected chi connectivity index (χ3v) is 3.16. The molecule has 6 nitrogen and oxygen atoms in total. The van der Waals surface area contributed by atoms with Crippen molar-refractivity contribution >= 4 is 17.6 Å². The predicted molar refractivity (Wildman–Crippen MR) is 76.4 cm³/mol. The molecule has 1 aromatic rings. The van der Waals surface area contributed by atoms with Crippen molar-refractivity contribution in [3.05, 3.63) is 24.3 Å². The van der Waals surface area contributed by atoms with Crippen LogP contribution in [-0.4, -0.2) is 36.3 Å². The van der Waals surface area contributed by atoms with E-state index in [9.17, 15) is 9.59 Å². The molecule has 0 aliphatic carbocycles. The quantitative estimate of drug-likeness (QED) is 0.803. The van der Waals surface area contributed by atoms with Crippen molar-refractivity contribution in [3.63, 3.8) is 0 Å². The van der Waals surface area contributed by atoms with E-state index in [1.54, 1.807) is 24.3 Å².